The largest absolute Gasteiger partial charge is 0.506 e. The van der Waals surface area contributed by atoms with Crippen molar-refractivity contribution in [2.45, 2.75) is 0 Å². The second-order valence-electron chi connectivity index (χ2n) is 2.83. The van der Waals surface area contributed by atoms with Crippen LogP contribution in [0.25, 0.3) is 6.08 Å². The number of benzene rings is 1. The molecule has 0 heterocycles. The first-order valence-corrected chi connectivity index (χ1v) is 4.17. The van der Waals surface area contributed by atoms with Gasteiger partial charge in [-0.15, -0.1) is 0 Å². The summed E-state index contributed by atoms with van der Waals surface area (Å²) in [6, 6.07) is 7.30. The molecule has 0 amide bonds. The van der Waals surface area contributed by atoms with Crippen LogP contribution >= 0.6 is 0 Å². The molecule has 1 rings (SSSR count). The number of carboxylic acids is 1. The van der Waals surface area contributed by atoms with Gasteiger partial charge in [-0.05, 0) is 12.1 Å². The van der Waals surface area contributed by atoms with Gasteiger partial charge in [0.25, 0.3) is 0 Å². The summed E-state index contributed by atoms with van der Waals surface area (Å²) in [5.41, 5.74) is -0.361. The quantitative estimate of drug-likeness (QED) is 0.726. The van der Waals surface area contributed by atoms with E-state index in [-0.39, 0.29) is 16.7 Å². The fraction of sp³-hybridized carbons (Fsp3) is 0. The molecule has 1 aromatic rings. The standard InChI is InChI=1S/C11H6N2O3/c12-5-7(6-13)4-8-2-1-3-9(10(8)14)11(15)16/h1-4,14H,(H,15,16). The van der Waals surface area contributed by atoms with Gasteiger partial charge in [0, 0.05) is 5.56 Å². The first-order valence-electron chi connectivity index (χ1n) is 4.17. The van der Waals surface area contributed by atoms with E-state index in [0.717, 1.165) is 6.08 Å². The molecule has 0 aromatic heterocycles. The Labute approximate surface area is 91.1 Å². The molecule has 0 fully saturated rings. The molecule has 0 spiro atoms. The minimum absolute atomic E-state index is 0.123. The van der Waals surface area contributed by atoms with Gasteiger partial charge in [-0.25, -0.2) is 4.79 Å². The number of hydrogen-bond donors (Lipinski definition) is 2. The fourth-order valence-corrected chi connectivity index (χ4v) is 1.10. The first kappa shape index (κ1) is 11.3. The Balaban J connectivity index is 3.34. The summed E-state index contributed by atoms with van der Waals surface area (Å²) in [4.78, 5) is 10.7. The van der Waals surface area contributed by atoms with Crippen LogP contribution in [0.2, 0.25) is 0 Å². The number of nitriles is 2. The first-order chi connectivity index (χ1) is 7.60. The molecule has 0 aliphatic heterocycles. The van der Waals surface area contributed by atoms with E-state index in [0.29, 0.717) is 0 Å². The molecule has 5 nitrogen and oxygen atoms in total. The highest BCUT2D eigenvalue weighted by Gasteiger charge is 2.11. The van der Waals surface area contributed by atoms with Gasteiger partial charge in [-0.1, -0.05) is 12.1 Å². The lowest BCUT2D eigenvalue weighted by molar-refractivity contribution is 0.0693. The number of aromatic hydroxyl groups is 1. The maximum absolute atomic E-state index is 10.7. The summed E-state index contributed by atoms with van der Waals surface area (Å²) in [5, 5.41) is 35.3. The number of aromatic carboxylic acids is 1. The van der Waals surface area contributed by atoms with Crippen molar-refractivity contribution in [1.82, 2.24) is 0 Å². The molecule has 0 radical (unpaired) electrons. The van der Waals surface area contributed by atoms with Crippen molar-refractivity contribution in [2.24, 2.45) is 0 Å². The third kappa shape index (κ3) is 2.17. The molecule has 0 unspecified atom stereocenters. The van der Waals surface area contributed by atoms with Crippen LogP contribution in [0.5, 0.6) is 5.75 Å². The molecule has 5 heteroatoms. The Morgan fingerprint density at radius 1 is 1.31 bits per heavy atom. The molecule has 2 N–H and O–H groups in total. The highest BCUT2D eigenvalue weighted by Crippen LogP contribution is 2.24. The lowest BCUT2D eigenvalue weighted by Gasteiger charge is -2.02. The molecule has 78 valence electrons. The zero-order valence-electron chi connectivity index (χ0n) is 8.01. The number of para-hydroxylation sites is 1. The molecular formula is C11H6N2O3. The van der Waals surface area contributed by atoms with Gasteiger partial charge in [0.1, 0.15) is 29.0 Å². The Hall–Kier alpha value is -2.79. The van der Waals surface area contributed by atoms with Crippen molar-refractivity contribution in [1.29, 1.82) is 10.5 Å². The van der Waals surface area contributed by atoms with E-state index in [9.17, 15) is 9.90 Å². The van der Waals surface area contributed by atoms with Crippen LogP contribution in [0.4, 0.5) is 0 Å². The molecule has 0 atom stereocenters. The molecule has 0 aliphatic carbocycles. The van der Waals surface area contributed by atoms with Crippen LogP contribution in [-0.4, -0.2) is 16.2 Å². The van der Waals surface area contributed by atoms with Gasteiger partial charge < -0.3 is 10.2 Å². The summed E-state index contributed by atoms with van der Waals surface area (Å²) in [6.45, 7) is 0. The summed E-state index contributed by atoms with van der Waals surface area (Å²) in [5.74, 6) is -1.73. The van der Waals surface area contributed by atoms with Gasteiger partial charge in [0.2, 0.25) is 0 Å². The van der Waals surface area contributed by atoms with Crippen LogP contribution in [0, 0.1) is 22.7 Å². The zero-order valence-corrected chi connectivity index (χ0v) is 8.01. The van der Waals surface area contributed by atoms with Crippen LogP contribution in [0.1, 0.15) is 15.9 Å². The van der Waals surface area contributed by atoms with Crippen molar-refractivity contribution in [3.05, 3.63) is 34.9 Å². The van der Waals surface area contributed by atoms with Gasteiger partial charge in [-0.2, -0.15) is 10.5 Å². The molecule has 0 aliphatic rings. The van der Waals surface area contributed by atoms with Crippen LogP contribution in [0.15, 0.2) is 23.8 Å². The minimum atomic E-state index is -1.27. The molecule has 0 saturated heterocycles. The fourth-order valence-electron chi connectivity index (χ4n) is 1.10. The van der Waals surface area contributed by atoms with E-state index in [1.807, 2.05) is 0 Å². The lowest BCUT2D eigenvalue weighted by Crippen LogP contribution is -1.97. The summed E-state index contributed by atoms with van der Waals surface area (Å²) >= 11 is 0. The number of carboxylic acid groups (broad SMARTS) is 1. The van der Waals surface area contributed by atoms with Crippen LogP contribution < -0.4 is 0 Å². The Kier molecular flexibility index (Phi) is 3.26. The summed E-state index contributed by atoms with van der Waals surface area (Å²) in [7, 11) is 0. The average molecular weight is 214 g/mol. The van der Waals surface area contributed by atoms with E-state index in [1.165, 1.54) is 18.2 Å². The lowest BCUT2D eigenvalue weighted by atomic mass is 10.1. The minimum Gasteiger partial charge on any atom is -0.506 e. The summed E-state index contributed by atoms with van der Waals surface area (Å²) in [6.07, 6.45) is 1.13. The Bertz CT molecular complexity index is 531. The number of rotatable bonds is 2. The Morgan fingerprint density at radius 3 is 2.44 bits per heavy atom. The normalized spacial score (nSPS) is 8.62. The van der Waals surface area contributed by atoms with Crippen LogP contribution in [-0.2, 0) is 0 Å². The SMILES string of the molecule is N#CC(C#N)=Cc1cccc(C(=O)O)c1O. The monoisotopic (exact) mass is 214 g/mol. The highest BCUT2D eigenvalue weighted by molar-refractivity contribution is 5.92. The van der Waals surface area contributed by atoms with E-state index in [2.05, 4.69) is 0 Å². The molecule has 1 aromatic carbocycles. The third-order valence-electron chi connectivity index (χ3n) is 1.84. The topological polar surface area (TPSA) is 105 Å². The van der Waals surface area contributed by atoms with E-state index in [1.54, 1.807) is 12.1 Å². The molecule has 0 bridgehead atoms. The molecular weight excluding hydrogens is 208 g/mol. The van der Waals surface area contributed by atoms with E-state index in [4.69, 9.17) is 15.6 Å². The predicted octanol–water partition coefficient (Wildman–Crippen LogP) is 1.52. The number of nitrogens with zero attached hydrogens (tertiary/aromatic N) is 2. The van der Waals surface area contributed by atoms with Crippen molar-refractivity contribution in [3.63, 3.8) is 0 Å². The maximum Gasteiger partial charge on any atom is 0.339 e. The van der Waals surface area contributed by atoms with Crippen molar-refractivity contribution in [2.75, 3.05) is 0 Å². The van der Waals surface area contributed by atoms with Gasteiger partial charge in [-0.3, -0.25) is 0 Å². The average Bonchev–Trinajstić information content (AvgIpc) is 2.27. The second-order valence-corrected chi connectivity index (χ2v) is 2.83. The van der Waals surface area contributed by atoms with Gasteiger partial charge >= 0.3 is 5.97 Å². The number of allylic oxidation sites excluding steroid dienone is 1. The van der Waals surface area contributed by atoms with E-state index >= 15 is 0 Å². The van der Waals surface area contributed by atoms with Crippen molar-refractivity contribution in [3.8, 4) is 17.9 Å². The zero-order chi connectivity index (χ0) is 12.1. The van der Waals surface area contributed by atoms with Gasteiger partial charge in [0.05, 0.1) is 0 Å². The molecule has 0 saturated carbocycles. The third-order valence-corrected chi connectivity index (χ3v) is 1.84. The maximum atomic E-state index is 10.7. The van der Waals surface area contributed by atoms with E-state index < -0.39 is 11.7 Å². The highest BCUT2D eigenvalue weighted by atomic mass is 16.4. The van der Waals surface area contributed by atoms with Crippen molar-refractivity contribution >= 4 is 12.0 Å². The predicted molar refractivity (Wildman–Crippen MR) is 54.3 cm³/mol. The van der Waals surface area contributed by atoms with Crippen molar-refractivity contribution < 1.29 is 15.0 Å². The van der Waals surface area contributed by atoms with Crippen LogP contribution in [0.3, 0.4) is 0 Å². The smallest absolute Gasteiger partial charge is 0.339 e. The number of carbonyl (C=O) groups is 1. The Morgan fingerprint density at radius 2 is 1.94 bits per heavy atom. The molecule has 16 heavy (non-hydrogen) atoms. The second kappa shape index (κ2) is 4.63. The van der Waals surface area contributed by atoms with Gasteiger partial charge in [0.15, 0.2) is 0 Å². The number of phenols is 1. The number of hydrogen-bond acceptors (Lipinski definition) is 4. The summed E-state index contributed by atoms with van der Waals surface area (Å²) < 4.78 is 0.